The van der Waals surface area contributed by atoms with Crippen molar-refractivity contribution in [2.75, 3.05) is 41.4 Å². The lowest BCUT2D eigenvalue weighted by Gasteiger charge is -2.63. The van der Waals surface area contributed by atoms with Gasteiger partial charge in [-0.15, -0.1) is 0 Å². The van der Waals surface area contributed by atoms with E-state index in [9.17, 15) is 5.11 Å². The maximum Gasteiger partial charge on any atom is 0.232 e. The molecule has 0 radical (unpaired) electrons. The Hall–Kier alpha value is -1.79. The molecule has 1 aromatic heterocycles. The number of nitrogens with one attached hydrogen (secondary N) is 1. The van der Waals surface area contributed by atoms with Crippen molar-refractivity contribution < 1.29 is 14.8 Å². The largest absolute Gasteiger partial charge is 0.395 e. The second-order valence-electron chi connectivity index (χ2n) is 19.2. The lowest BCUT2D eigenvalue weighted by Crippen LogP contribution is -2.72. The second kappa shape index (κ2) is 17.1. The molecule has 2 saturated carbocycles. The summed E-state index contributed by atoms with van der Waals surface area (Å²) in [7, 11) is 0. The highest BCUT2D eigenvalue weighted by Crippen LogP contribution is 2.52. The minimum atomic E-state index is -0.281. The van der Waals surface area contributed by atoms with Crippen molar-refractivity contribution in [3.05, 3.63) is 0 Å². The van der Waals surface area contributed by atoms with Crippen LogP contribution in [0.25, 0.3) is 0 Å². The van der Waals surface area contributed by atoms with E-state index in [-0.39, 0.29) is 53.1 Å². The van der Waals surface area contributed by atoms with Gasteiger partial charge in [-0.2, -0.15) is 25.1 Å². The third-order valence-corrected chi connectivity index (χ3v) is 13.2. The van der Waals surface area contributed by atoms with Crippen molar-refractivity contribution in [3.63, 3.8) is 0 Å². The number of anilines is 3. The summed E-state index contributed by atoms with van der Waals surface area (Å²) in [6.07, 6.45) is 21.8. The molecule has 6 rings (SSSR count). The van der Waals surface area contributed by atoms with Gasteiger partial charge in [-0.1, -0.05) is 65.2 Å². The van der Waals surface area contributed by atoms with Gasteiger partial charge in [0.1, 0.15) is 0 Å². The van der Waals surface area contributed by atoms with Crippen LogP contribution in [0.4, 0.5) is 17.8 Å². The van der Waals surface area contributed by atoms with Gasteiger partial charge in [-0.05, 0) is 112 Å². The molecule has 0 aromatic carbocycles. The third kappa shape index (κ3) is 9.27. The Kier molecular flexibility index (Phi) is 13.2. The maximum absolute atomic E-state index is 9.83. The van der Waals surface area contributed by atoms with Gasteiger partial charge in [-0.3, -0.25) is 9.68 Å². The highest BCUT2D eigenvalue weighted by molar-refractivity contribution is 5.47. The van der Waals surface area contributed by atoms with Crippen LogP contribution in [-0.2, 0) is 9.68 Å². The van der Waals surface area contributed by atoms with Crippen molar-refractivity contribution >= 4 is 17.8 Å². The molecule has 4 atom stereocenters. The van der Waals surface area contributed by atoms with E-state index in [0.717, 1.165) is 108 Å². The van der Waals surface area contributed by atoms with Gasteiger partial charge in [0, 0.05) is 53.9 Å². The Balaban J connectivity index is 1.53. The first-order valence-corrected chi connectivity index (χ1v) is 21.9. The van der Waals surface area contributed by atoms with Crippen LogP contribution in [-0.4, -0.2) is 103 Å². The monoisotopic (exact) mass is 741 g/mol. The minimum absolute atomic E-state index is 0.0213. The fourth-order valence-corrected chi connectivity index (χ4v) is 11.2. The van der Waals surface area contributed by atoms with Crippen molar-refractivity contribution in [2.45, 2.75) is 224 Å². The molecule has 11 nitrogen and oxygen atoms in total. The number of hydrogen-bond acceptors (Lipinski definition) is 11. The van der Waals surface area contributed by atoms with Gasteiger partial charge < -0.3 is 20.2 Å². The predicted octanol–water partition coefficient (Wildman–Crippen LogP) is 8.42. The molecule has 11 heteroatoms. The number of fused-ring (bicyclic) bond motifs is 6. The zero-order valence-electron chi connectivity index (χ0n) is 35.0. The second-order valence-corrected chi connectivity index (χ2v) is 19.2. The Labute approximate surface area is 322 Å². The lowest BCUT2D eigenvalue weighted by molar-refractivity contribution is -0.345. The number of aliphatic hydroxyl groups is 1. The number of hydrogen-bond donors (Lipinski definition) is 2. The first-order valence-electron chi connectivity index (χ1n) is 21.9. The van der Waals surface area contributed by atoms with E-state index >= 15 is 0 Å². The SMILES string of the molecule is CCCCN1c2nc(NCCO)nc(n2)N(CCCC)C2CC(C)(C)N(OC3CCCCC3)C(C)(C2)CC2(C)CC1CC(C)(C)N2OC1CCCCC1. The van der Waals surface area contributed by atoms with Crippen LogP contribution in [0.1, 0.15) is 177 Å². The van der Waals surface area contributed by atoms with Gasteiger partial charge >= 0.3 is 0 Å². The molecule has 2 saturated heterocycles. The molecule has 4 fully saturated rings. The minimum Gasteiger partial charge on any atom is -0.395 e. The Morgan fingerprint density at radius 3 is 1.47 bits per heavy atom. The van der Waals surface area contributed by atoms with Crippen LogP contribution < -0.4 is 15.1 Å². The molecule has 0 spiro atoms. The Morgan fingerprint density at radius 2 is 1.08 bits per heavy atom. The van der Waals surface area contributed by atoms with Gasteiger partial charge in [-0.25, -0.2) is 0 Å². The molecule has 4 heterocycles. The molecule has 5 aliphatic rings. The molecule has 53 heavy (non-hydrogen) atoms. The number of hydroxylamine groups is 4. The molecule has 302 valence electrons. The van der Waals surface area contributed by atoms with Crippen molar-refractivity contribution in [3.8, 4) is 0 Å². The van der Waals surface area contributed by atoms with E-state index in [1.165, 1.54) is 38.5 Å². The molecular weight excluding hydrogens is 665 g/mol. The number of unbranched alkanes of at least 4 members (excludes halogenated alkanes) is 2. The standard InChI is InChI=1S/C42H76N8O3/c1-9-11-24-47-32-27-39(3,4)49(52-34-19-15-13-16-20-34)41(7,29-32)31-42(8)30-33(28-40(5,6)50(42)53-35-21-17-14-18-22-35)48(25-12-10-2)38-45-36(43-23-26-51)44-37(47)46-38/h32-35,51H,9-31H2,1-8H3,(H,43,44,45,46). The molecule has 3 aliphatic heterocycles. The number of rotatable bonds is 13. The van der Waals surface area contributed by atoms with Gasteiger partial charge in [0.05, 0.1) is 18.8 Å². The number of piperidine rings is 2. The first-order chi connectivity index (χ1) is 25.3. The quantitative estimate of drug-likeness (QED) is 0.204. The van der Waals surface area contributed by atoms with Crippen molar-refractivity contribution in [1.29, 1.82) is 0 Å². The summed E-state index contributed by atoms with van der Waals surface area (Å²) < 4.78 is 0. The summed E-state index contributed by atoms with van der Waals surface area (Å²) in [4.78, 5) is 35.4. The Morgan fingerprint density at radius 1 is 0.642 bits per heavy atom. The zero-order chi connectivity index (χ0) is 37.9. The average molecular weight is 741 g/mol. The summed E-state index contributed by atoms with van der Waals surface area (Å²) in [5.74, 6) is 2.07. The lowest BCUT2D eigenvalue weighted by atomic mass is 9.67. The molecule has 0 amide bonds. The molecule has 4 unspecified atom stereocenters. The number of aliphatic hydroxyl groups excluding tert-OH is 1. The fourth-order valence-electron chi connectivity index (χ4n) is 11.2. The highest BCUT2D eigenvalue weighted by atomic mass is 16.7. The van der Waals surface area contributed by atoms with Crippen LogP contribution in [0, 0.1) is 0 Å². The molecule has 2 aliphatic carbocycles. The van der Waals surface area contributed by atoms with E-state index in [0.29, 0.717) is 12.5 Å². The molecule has 6 bridgehead atoms. The summed E-state index contributed by atoms with van der Waals surface area (Å²) in [6, 6.07) is 0.418. The van der Waals surface area contributed by atoms with Crippen LogP contribution in [0.15, 0.2) is 0 Å². The summed E-state index contributed by atoms with van der Waals surface area (Å²) in [5.41, 5.74) is -1.01. The van der Waals surface area contributed by atoms with Crippen LogP contribution in [0.5, 0.6) is 0 Å². The summed E-state index contributed by atoms with van der Waals surface area (Å²) in [6.45, 7) is 21.4. The van der Waals surface area contributed by atoms with E-state index in [1.807, 2.05) is 0 Å². The maximum atomic E-state index is 9.83. The summed E-state index contributed by atoms with van der Waals surface area (Å²) >= 11 is 0. The molecular formula is C42H76N8O3. The van der Waals surface area contributed by atoms with Gasteiger partial charge in [0.25, 0.3) is 0 Å². The smallest absolute Gasteiger partial charge is 0.232 e. The van der Waals surface area contributed by atoms with Crippen LogP contribution >= 0.6 is 0 Å². The van der Waals surface area contributed by atoms with Crippen molar-refractivity contribution in [2.24, 2.45) is 0 Å². The van der Waals surface area contributed by atoms with Gasteiger partial charge in [0.15, 0.2) is 0 Å². The topological polar surface area (TPSA) is 102 Å². The Bertz CT molecular complexity index is 1230. The van der Waals surface area contributed by atoms with Crippen molar-refractivity contribution in [1.82, 2.24) is 25.1 Å². The molecule has 1 aromatic rings. The van der Waals surface area contributed by atoms with E-state index in [4.69, 9.17) is 24.6 Å². The normalized spacial score (nSPS) is 31.6. The van der Waals surface area contributed by atoms with Crippen LogP contribution in [0.2, 0.25) is 0 Å². The zero-order valence-corrected chi connectivity index (χ0v) is 35.0. The first kappa shape index (κ1) is 40.9. The van der Waals surface area contributed by atoms with E-state index in [2.05, 4.69) is 80.6 Å². The number of aromatic nitrogens is 3. The van der Waals surface area contributed by atoms with E-state index < -0.39 is 0 Å². The van der Waals surface area contributed by atoms with E-state index in [1.54, 1.807) is 0 Å². The fraction of sp³-hybridized carbons (Fsp3) is 0.929. The predicted molar refractivity (Wildman–Crippen MR) is 215 cm³/mol. The highest BCUT2D eigenvalue weighted by Gasteiger charge is 2.59. The summed E-state index contributed by atoms with van der Waals surface area (Å²) in [5, 5.41) is 18.2. The molecule has 2 N–H and O–H groups in total. The number of nitrogens with zero attached hydrogens (tertiary/aromatic N) is 7. The third-order valence-electron chi connectivity index (χ3n) is 13.2. The van der Waals surface area contributed by atoms with Gasteiger partial charge in [0.2, 0.25) is 17.8 Å². The average Bonchev–Trinajstić information content (AvgIpc) is 3.11. The van der Waals surface area contributed by atoms with Crippen LogP contribution in [0.3, 0.4) is 0 Å².